The van der Waals surface area contributed by atoms with Gasteiger partial charge in [-0.2, -0.15) is 0 Å². The summed E-state index contributed by atoms with van der Waals surface area (Å²) in [6.07, 6.45) is 4.09. The summed E-state index contributed by atoms with van der Waals surface area (Å²) in [5.74, 6) is 0.937. The first-order chi connectivity index (χ1) is 8.04. The summed E-state index contributed by atoms with van der Waals surface area (Å²) in [5.41, 5.74) is 1.47. The average molecular weight is 233 g/mol. The quantitative estimate of drug-likeness (QED) is 0.789. The molecule has 17 heavy (non-hydrogen) atoms. The average Bonchev–Trinajstić information content (AvgIpc) is 2.28. The van der Waals surface area contributed by atoms with Crippen molar-refractivity contribution in [3.05, 3.63) is 42.0 Å². The molecule has 0 bridgehead atoms. The molecule has 0 saturated carbocycles. The van der Waals surface area contributed by atoms with Gasteiger partial charge in [0.05, 0.1) is 0 Å². The highest BCUT2D eigenvalue weighted by Gasteiger charge is 2.13. The van der Waals surface area contributed by atoms with Gasteiger partial charge >= 0.3 is 0 Å². The molecule has 1 rings (SSSR count). The second kappa shape index (κ2) is 6.45. The molecule has 0 heterocycles. The lowest BCUT2D eigenvalue weighted by atomic mass is 9.87. The van der Waals surface area contributed by atoms with E-state index in [2.05, 4.69) is 44.3 Å². The lowest BCUT2D eigenvalue weighted by molar-refractivity contribution is 0.361. The minimum Gasteiger partial charge on any atom is -0.490 e. The molecule has 0 aliphatic carbocycles. The Balaban J connectivity index is 2.55. The van der Waals surface area contributed by atoms with Crippen LogP contribution in [0.15, 0.2) is 36.4 Å². The fraction of sp³-hybridized carbons (Fsp3) is 0.467. The van der Waals surface area contributed by atoms with E-state index in [-0.39, 0.29) is 5.41 Å². The highest BCUT2D eigenvalue weighted by Crippen LogP contribution is 2.25. The molecular formula is C15H23NO. The van der Waals surface area contributed by atoms with Crippen LogP contribution in [0, 0.1) is 0 Å². The molecule has 2 nitrogen and oxygen atoms in total. The zero-order valence-electron chi connectivity index (χ0n) is 11.3. The maximum absolute atomic E-state index is 5.67. The molecular weight excluding hydrogens is 210 g/mol. The van der Waals surface area contributed by atoms with Crippen molar-refractivity contribution in [3.63, 3.8) is 0 Å². The Morgan fingerprint density at radius 1 is 1.24 bits per heavy atom. The monoisotopic (exact) mass is 233 g/mol. The molecule has 0 radical (unpaired) electrons. The number of rotatable bonds is 5. The molecule has 94 valence electrons. The van der Waals surface area contributed by atoms with Crippen molar-refractivity contribution in [1.29, 1.82) is 0 Å². The van der Waals surface area contributed by atoms with Gasteiger partial charge in [0.2, 0.25) is 0 Å². The van der Waals surface area contributed by atoms with Crippen molar-refractivity contribution in [3.8, 4) is 5.75 Å². The van der Waals surface area contributed by atoms with E-state index in [0.29, 0.717) is 6.61 Å². The Labute approximate surface area is 105 Å². The Hall–Kier alpha value is -1.28. The van der Waals surface area contributed by atoms with Crippen molar-refractivity contribution in [2.75, 3.05) is 20.2 Å². The molecule has 0 unspecified atom stereocenters. The molecule has 1 N–H and O–H groups in total. The number of hydrogen-bond donors (Lipinski definition) is 1. The molecule has 0 aromatic heterocycles. The van der Waals surface area contributed by atoms with Crippen LogP contribution >= 0.6 is 0 Å². The van der Waals surface area contributed by atoms with Gasteiger partial charge in [0, 0.05) is 6.54 Å². The Kier molecular flexibility index (Phi) is 5.23. The van der Waals surface area contributed by atoms with E-state index in [1.54, 1.807) is 0 Å². The van der Waals surface area contributed by atoms with E-state index in [0.717, 1.165) is 12.3 Å². The van der Waals surface area contributed by atoms with Crippen LogP contribution in [0.1, 0.15) is 26.3 Å². The van der Waals surface area contributed by atoms with Gasteiger partial charge in [0.1, 0.15) is 12.4 Å². The number of likely N-dealkylation sites (N-methyl/N-ethyl adjacent to an activating group) is 1. The molecule has 1 aromatic carbocycles. The predicted octanol–water partition coefficient (Wildman–Crippen LogP) is 3.14. The van der Waals surface area contributed by atoms with Crippen LogP contribution in [0.3, 0.4) is 0 Å². The van der Waals surface area contributed by atoms with Crippen LogP contribution in [0.4, 0.5) is 0 Å². The van der Waals surface area contributed by atoms with Crippen LogP contribution < -0.4 is 10.1 Å². The van der Waals surface area contributed by atoms with Gasteiger partial charge in [-0.15, -0.1) is 0 Å². The molecule has 0 atom stereocenters. The predicted molar refractivity (Wildman–Crippen MR) is 73.7 cm³/mol. The minimum atomic E-state index is 0.168. The second-order valence-corrected chi connectivity index (χ2v) is 5.12. The van der Waals surface area contributed by atoms with Gasteiger partial charge in [-0.1, -0.05) is 45.1 Å². The lowest BCUT2D eigenvalue weighted by Crippen LogP contribution is -2.11. The minimum absolute atomic E-state index is 0.168. The molecule has 0 aliphatic heterocycles. The fourth-order valence-electron chi connectivity index (χ4n) is 1.47. The number of nitrogens with one attached hydrogen (secondary N) is 1. The topological polar surface area (TPSA) is 21.3 Å². The third kappa shape index (κ3) is 5.05. The maximum atomic E-state index is 5.67. The summed E-state index contributed by atoms with van der Waals surface area (Å²) in [6.45, 7) is 8.12. The van der Waals surface area contributed by atoms with Gasteiger partial charge in [-0.05, 0) is 30.2 Å². The summed E-state index contributed by atoms with van der Waals surface area (Å²) < 4.78 is 5.67. The van der Waals surface area contributed by atoms with Gasteiger partial charge in [-0.25, -0.2) is 0 Å². The molecule has 0 spiro atoms. The standard InChI is InChI=1S/C15H23NO/c1-15(2,3)13-8-7-9-14(12-13)17-11-6-5-10-16-4/h5-9,12,16H,10-11H2,1-4H3. The Bertz CT molecular complexity index is 363. The highest BCUT2D eigenvalue weighted by molar-refractivity contribution is 5.32. The van der Waals surface area contributed by atoms with Gasteiger partial charge in [-0.3, -0.25) is 0 Å². The highest BCUT2D eigenvalue weighted by atomic mass is 16.5. The van der Waals surface area contributed by atoms with Crippen LogP contribution in [0.25, 0.3) is 0 Å². The zero-order valence-corrected chi connectivity index (χ0v) is 11.3. The SMILES string of the molecule is CNCC=CCOc1cccc(C(C)(C)C)c1. The van der Waals surface area contributed by atoms with E-state index < -0.39 is 0 Å². The number of ether oxygens (including phenoxy) is 1. The summed E-state index contributed by atoms with van der Waals surface area (Å²) in [6, 6.07) is 8.31. The fourth-order valence-corrected chi connectivity index (χ4v) is 1.47. The normalized spacial score (nSPS) is 12.0. The van der Waals surface area contributed by atoms with Gasteiger partial charge in [0.25, 0.3) is 0 Å². The van der Waals surface area contributed by atoms with Crippen LogP contribution in [-0.4, -0.2) is 20.2 Å². The lowest BCUT2D eigenvalue weighted by Gasteiger charge is -2.19. The van der Waals surface area contributed by atoms with Gasteiger partial charge < -0.3 is 10.1 Å². The Morgan fingerprint density at radius 2 is 2.00 bits per heavy atom. The molecule has 1 aromatic rings. The third-order valence-electron chi connectivity index (χ3n) is 2.53. The Morgan fingerprint density at radius 3 is 2.65 bits per heavy atom. The van der Waals surface area contributed by atoms with Crippen LogP contribution in [0.2, 0.25) is 0 Å². The smallest absolute Gasteiger partial charge is 0.120 e. The van der Waals surface area contributed by atoms with E-state index in [9.17, 15) is 0 Å². The summed E-state index contributed by atoms with van der Waals surface area (Å²) in [4.78, 5) is 0. The second-order valence-electron chi connectivity index (χ2n) is 5.12. The molecule has 0 fully saturated rings. The molecule has 0 saturated heterocycles. The van der Waals surface area contributed by atoms with E-state index >= 15 is 0 Å². The molecule has 0 amide bonds. The summed E-state index contributed by atoms with van der Waals surface area (Å²) >= 11 is 0. The molecule has 2 heteroatoms. The first kappa shape index (κ1) is 13.8. The number of hydrogen-bond acceptors (Lipinski definition) is 2. The van der Waals surface area contributed by atoms with Gasteiger partial charge in [0.15, 0.2) is 0 Å². The van der Waals surface area contributed by atoms with Crippen molar-refractivity contribution >= 4 is 0 Å². The van der Waals surface area contributed by atoms with E-state index in [4.69, 9.17) is 4.74 Å². The van der Waals surface area contributed by atoms with Crippen molar-refractivity contribution in [1.82, 2.24) is 5.32 Å². The van der Waals surface area contributed by atoms with Crippen molar-refractivity contribution < 1.29 is 4.74 Å². The summed E-state index contributed by atoms with van der Waals surface area (Å²) in [7, 11) is 1.93. The first-order valence-electron chi connectivity index (χ1n) is 6.07. The largest absolute Gasteiger partial charge is 0.490 e. The van der Waals surface area contributed by atoms with Crippen LogP contribution in [0.5, 0.6) is 5.75 Å². The maximum Gasteiger partial charge on any atom is 0.120 e. The number of benzene rings is 1. The van der Waals surface area contributed by atoms with Crippen molar-refractivity contribution in [2.24, 2.45) is 0 Å². The zero-order chi connectivity index (χ0) is 12.7. The third-order valence-corrected chi connectivity index (χ3v) is 2.53. The summed E-state index contributed by atoms with van der Waals surface area (Å²) in [5, 5.41) is 3.05. The van der Waals surface area contributed by atoms with E-state index in [1.807, 2.05) is 25.3 Å². The van der Waals surface area contributed by atoms with Crippen molar-refractivity contribution in [2.45, 2.75) is 26.2 Å². The van der Waals surface area contributed by atoms with E-state index in [1.165, 1.54) is 5.56 Å². The molecule has 0 aliphatic rings. The first-order valence-corrected chi connectivity index (χ1v) is 6.07. The van der Waals surface area contributed by atoms with Crippen LogP contribution in [-0.2, 0) is 5.41 Å².